The number of rotatable bonds is 10. The molecule has 44 heavy (non-hydrogen) atoms. The van der Waals surface area contributed by atoms with E-state index < -0.39 is 11.2 Å². The van der Waals surface area contributed by atoms with Gasteiger partial charge in [0.2, 0.25) is 0 Å². The van der Waals surface area contributed by atoms with E-state index in [1.54, 1.807) is 24.3 Å². The molecular formula is C32H50N6O6. The normalized spacial score (nSPS) is 14.0. The standard InChI is InChI=1S/2C16H25N3O3/c2*1-11(19(5)10-14(20)22-16(2,3)4)12-6-8-13(9-7-12)15(17)18-21/h2*6-9,11,21H,10H2,1-5H3,(H2,17,18)/t2*11-/m10/s1. The highest BCUT2D eigenvalue weighted by atomic mass is 16.6. The van der Waals surface area contributed by atoms with E-state index in [-0.39, 0.29) is 48.8 Å². The van der Waals surface area contributed by atoms with Crippen LogP contribution in [0.4, 0.5) is 0 Å². The zero-order chi connectivity index (χ0) is 33.8. The molecule has 0 radical (unpaired) electrons. The number of carbonyl (C=O) groups is 2. The van der Waals surface area contributed by atoms with Crippen molar-refractivity contribution in [3.05, 3.63) is 70.8 Å². The summed E-state index contributed by atoms with van der Waals surface area (Å²) in [5.74, 6) is -0.368. The maximum Gasteiger partial charge on any atom is 0.320 e. The Balaban J connectivity index is 0.000000440. The fourth-order valence-electron chi connectivity index (χ4n) is 3.92. The Hall–Kier alpha value is -4.16. The summed E-state index contributed by atoms with van der Waals surface area (Å²) in [6.07, 6.45) is 0. The van der Waals surface area contributed by atoms with Gasteiger partial charge < -0.3 is 31.4 Å². The van der Waals surface area contributed by atoms with Gasteiger partial charge in [-0.1, -0.05) is 58.8 Å². The van der Waals surface area contributed by atoms with Crippen molar-refractivity contribution < 1.29 is 29.5 Å². The number of ether oxygens (including phenoxy) is 2. The summed E-state index contributed by atoms with van der Waals surface area (Å²) in [6.45, 7) is 15.5. The van der Waals surface area contributed by atoms with Crippen LogP contribution in [0.3, 0.4) is 0 Å². The van der Waals surface area contributed by atoms with Crippen molar-refractivity contribution in [1.82, 2.24) is 9.80 Å². The first kappa shape index (κ1) is 37.9. The van der Waals surface area contributed by atoms with Gasteiger partial charge in [-0.25, -0.2) is 0 Å². The smallest absolute Gasteiger partial charge is 0.320 e. The first-order chi connectivity index (χ1) is 20.3. The summed E-state index contributed by atoms with van der Waals surface area (Å²) in [4.78, 5) is 27.5. The maximum atomic E-state index is 11.9. The summed E-state index contributed by atoms with van der Waals surface area (Å²) in [5, 5.41) is 23.2. The van der Waals surface area contributed by atoms with Crippen molar-refractivity contribution in [2.45, 2.75) is 78.7 Å². The zero-order valence-electron chi connectivity index (χ0n) is 27.7. The summed E-state index contributed by atoms with van der Waals surface area (Å²) >= 11 is 0. The minimum Gasteiger partial charge on any atom is -0.459 e. The topological polar surface area (TPSA) is 176 Å². The first-order valence-corrected chi connectivity index (χ1v) is 14.3. The van der Waals surface area contributed by atoms with Crippen LogP contribution in [-0.4, -0.2) is 82.2 Å². The van der Waals surface area contributed by atoms with Crippen LogP contribution in [0.2, 0.25) is 0 Å². The molecule has 0 aliphatic heterocycles. The Morgan fingerprint density at radius 2 is 0.955 bits per heavy atom. The molecule has 2 aromatic carbocycles. The number of oxime groups is 2. The molecule has 0 aliphatic carbocycles. The lowest BCUT2D eigenvalue weighted by Crippen LogP contribution is -2.34. The SMILES string of the molecule is C[C@@H](c1ccc(/C(N)=N/O)cc1)N(C)CC(=O)OC(C)(C)C.C[C@H](c1ccc(/C(N)=N/O)cc1)N(C)CC(=O)OC(C)(C)C. The molecule has 12 nitrogen and oxygen atoms in total. The number of amidine groups is 2. The highest BCUT2D eigenvalue weighted by molar-refractivity contribution is 5.97. The average molecular weight is 615 g/mol. The van der Waals surface area contributed by atoms with E-state index >= 15 is 0 Å². The molecule has 0 aliphatic rings. The first-order valence-electron chi connectivity index (χ1n) is 14.3. The van der Waals surface area contributed by atoms with E-state index in [4.69, 9.17) is 31.4 Å². The van der Waals surface area contributed by atoms with Gasteiger partial charge >= 0.3 is 11.9 Å². The molecule has 2 atom stereocenters. The van der Waals surface area contributed by atoms with Gasteiger partial charge in [-0.2, -0.15) is 0 Å². The molecule has 0 aromatic heterocycles. The van der Waals surface area contributed by atoms with Crippen molar-refractivity contribution >= 4 is 23.6 Å². The van der Waals surface area contributed by atoms with Crippen LogP contribution in [0, 0.1) is 0 Å². The minimum atomic E-state index is -0.482. The third-order valence-electron chi connectivity index (χ3n) is 6.51. The molecule has 0 fully saturated rings. The van der Waals surface area contributed by atoms with Gasteiger partial charge in [0.05, 0.1) is 13.1 Å². The Labute approximate surface area is 261 Å². The Bertz CT molecular complexity index is 1160. The van der Waals surface area contributed by atoms with E-state index in [1.807, 2.05) is 104 Å². The number of nitrogens with two attached hydrogens (primary N) is 2. The summed E-state index contributed by atoms with van der Waals surface area (Å²) in [5.41, 5.74) is 13.5. The van der Waals surface area contributed by atoms with Crippen molar-refractivity contribution in [2.75, 3.05) is 27.2 Å². The van der Waals surface area contributed by atoms with Crippen molar-refractivity contribution in [3.8, 4) is 0 Å². The minimum absolute atomic E-state index is 0.0360. The molecule has 0 spiro atoms. The maximum absolute atomic E-state index is 11.9. The molecule has 0 bridgehead atoms. The van der Waals surface area contributed by atoms with Crippen molar-refractivity contribution in [1.29, 1.82) is 0 Å². The summed E-state index contributed by atoms with van der Waals surface area (Å²) in [6, 6.07) is 14.8. The van der Waals surface area contributed by atoms with Crippen LogP contribution in [0.25, 0.3) is 0 Å². The lowest BCUT2D eigenvalue weighted by atomic mass is 10.0. The molecule has 12 heteroatoms. The van der Waals surface area contributed by atoms with E-state index in [1.165, 1.54) is 0 Å². The van der Waals surface area contributed by atoms with Gasteiger partial charge in [-0.15, -0.1) is 0 Å². The van der Waals surface area contributed by atoms with Gasteiger partial charge in [0.15, 0.2) is 11.7 Å². The summed E-state index contributed by atoms with van der Waals surface area (Å²) in [7, 11) is 3.73. The fraction of sp³-hybridized carbons (Fsp3) is 0.500. The quantitative estimate of drug-likeness (QED) is 0.0996. The number of nitrogens with zero attached hydrogens (tertiary/aromatic N) is 4. The number of likely N-dealkylation sites (N-methyl/N-ethyl adjacent to an activating group) is 2. The zero-order valence-corrected chi connectivity index (χ0v) is 27.7. The third kappa shape index (κ3) is 13.4. The third-order valence-corrected chi connectivity index (χ3v) is 6.51. The van der Waals surface area contributed by atoms with Gasteiger partial charge in [0.1, 0.15) is 11.2 Å². The average Bonchev–Trinajstić information content (AvgIpc) is 2.93. The largest absolute Gasteiger partial charge is 0.459 e. The Morgan fingerprint density at radius 3 is 1.18 bits per heavy atom. The highest BCUT2D eigenvalue weighted by Gasteiger charge is 2.22. The summed E-state index contributed by atoms with van der Waals surface area (Å²) < 4.78 is 10.6. The van der Waals surface area contributed by atoms with Crippen LogP contribution in [-0.2, 0) is 19.1 Å². The number of carbonyl (C=O) groups excluding carboxylic acids is 2. The van der Waals surface area contributed by atoms with Gasteiger partial charge in [-0.3, -0.25) is 19.4 Å². The molecule has 0 saturated heterocycles. The molecular weight excluding hydrogens is 564 g/mol. The second-order valence-corrected chi connectivity index (χ2v) is 12.6. The van der Waals surface area contributed by atoms with Crippen LogP contribution < -0.4 is 11.5 Å². The van der Waals surface area contributed by atoms with E-state index in [2.05, 4.69) is 10.3 Å². The van der Waals surface area contributed by atoms with Gasteiger partial charge in [0, 0.05) is 23.2 Å². The molecule has 2 aromatic rings. The van der Waals surface area contributed by atoms with Crippen molar-refractivity contribution in [3.63, 3.8) is 0 Å². The van der Waals surface area contributed by atoms with Crippen LogP contribution in [0.1, 0.15) is 89.7 Å². The predicted octanol–water partition coefficient (Wildman–Crippen LogP) is 4.23. The molecule has 0 heterocycles. The van der Waals surface area contributed by atoms with Crippen LogP contribution in [0.15, 0.2) is 58.8 Å². The lowest BCUT2D eigenvalue weighted by molar-refractivity contribution is -0.157. The second-order valence-electron chi connectivity index (χ2n) is 12.6. The molecule has 0 amide bonds. The molecule has 6 N–H and O–H groups in total. The fourth-order valence-corrected chi connectivity index (χ4v) is 3.92. The monoisotopic (exact) mass is 614 g/mol. The number of hydrogen-bond donors (Lipinski definition) is 4. The van der Waals surface area contributed by atoms with Crippen molar-refractivity contribution in [2.24, 2.45) is 21.8 Å². The second kappa shape index (κ2) is 16.6. The van der Waals surface area contributed by atoms with Crippen LogP contribution in [0.5, 0.6) is 0 Å². The molecule has 0 unspecified atom stereocenters. The molecule has 244 valence electrons. The molecule has 0 saturated carbocycles. The van der Waals surface area contributed by atoms with Crippen LogP contribution >= 0.6 is 0 Å². The Kier molecular flexibility index (Phi) is 14.3. The lowest BCUT2D eigenvalue weighted by Gasteiger charge is -2.26. The highest BCUT2D eigenvalue weighted by Crippen LogP contribution is 2.21. The number of esters is 2. The number of benzene rings is 2. The Morgan fingerprint density at radius 1 is 0.682 bits per heavy atom. The van der Waals surface area contributed by atoms with Gasteiger partial charge in [-0.05, 0) is 80.6 Å². The predicted molar refractivity (Wildman–Crippen MR) is 172 cm³/mol. The van der Waals surface area contributed by atoms with E-state index in [0.717, 1.165) is 11.1 Å². The van der Waals surface area contributed by atoms with E-state index in [0.29, 0.717) is 11.1 Å². The van der Waals surface area contributed by atoms with Gasteiger partial charge in [0.25, 0.3) is 0 Å². The van der Waals surface area contributed by atoms with E-state index in [9.17, 15) is 9.59 Å². The number of hydrogen-bond acceptors (Lipinski definition) is 10. The molecule has 2 rings (SSSR count).